The molecule has 2 aromatic carbocycles. The highest BCUT2D eigenvalue weighted by atomic mass is 16.5. The summed E-state index contributed by atoms with van der Waals surface area (Å²) in [5.41, 5.74) is 3.65. The molecule has 1 fully saturated rings. The van der Waals surface area contributed by atoms with Crippen molar-refractivity contribution in [2.24, 2.45) is 0 Å². The number of Topliss-reactive ketones (excluding diaryl/α,β-unsaturated/α-hetero) is 1. The summed E-state index contributed by atoms with van der Waals surface area (Å²) in [5.74, 6) is -0.181. The van der Waals surface area contributed by atoms with Crippen LogP contribution in [0.2, 0.25) is 0 Å². The van der Waals surface area contributed by atoms with Gasteiger partial charge in [-0.3, -0.25) is 4.79 Å². The third-order valence-electron chi connectivity index (χ3n) is 6.06. The third kappa shape index (κ3) is 6.22. The topological polar surface area (TPSA) is 103 Å². The molecule has 34 heavy (non-hydrogen) atoms. The number of methoxy groups -OCH3 is 1. The maximum absolute atomic E-state index is 13.4. The fourth-order valence-electron chi connectivity index (χ4n) is 4.21. The second-order valence-electron chi connectivity index (χ2n) is 9.83. The molecule has 2 N–H and O–H groups in total. The number of nitrogens with zero attached hydrogens (tertiary/aromatic N) is 2. The van der Waals surface area contributed by atoms with Gasteiger partial charge < -0.3 is 20.1 Å². The van der Waals surface area contributed by atoms with Gasteiger partial charge in [0.05, 0.1) is 24.3 Å². The van der Waals surface area contributed by atoms with Gasteiger partial charge in [0.25, 0.3) is 0 Å². The number of aliphatic hydroxyl groups excluding tert-OH is 1. The van der Waals surface area contributed by atoms with Crippen LogP contribution in [0.4, 0.5) is 4.79 Å². The second kappa shape index (κ2) is 10.8. The maximum atomic E-state index is 13.4. The molecule has 1 saturated heterocycles. The Morgan fingerprint density at radius 3 is 2.44 bits per heavy atom. The number of carbonyl (C=O) groups is 2. The number of benzene rings is 2. The zero-order chi connectivity index (χ0) is 24.9. The van der Waals surface area contributed by atoms with Gasteiger partial charge in [-0.2, -0.15) is 5.26 Å². The SMILES string of the molecule is COCc1ccc(C(NC(=O)N2CCC(O)C2)C(=O)Cc2ccc(C(C)(C)C)c(C#N)c2)cc1. The van der Waals surface area contributed by atoms with Crippen molar-refractivity contribution in [3.63, 3.8) is 0 Å². The molecule has 180 valence electrons. The molecule has 1 aliphatic rings. The average molecular weight is 464 g/mol. The van der Waals surface area contributed by atoms with Crippen molar-refractivity contribution in [2.75, 3.05) is 20.2 Å². The highest BCUT2D eigenvalue weighted by Gasteiger charge is 2.29. The lowest BCUT2D eigenvalue weighted by Crippen LogP contribution is -2.43. The number of hydrogen-bond acceptors (Lipinski definition) is 5. The lowest BCUT2D eigenvalue weighted by Gasteiger charge is -2.24. The quantitative estimate of drug-likeness (QED) is 0.653. The van der Waals surface area contributed by atoms with Crippen LogP contribution in [0, 0.1) is 11.3 Å². The van der Waals surface area contributed by atoms with Gasteiger partial charge in [-0.1, -0.05) is 57.2 Å². The number of amides is 2. The van der Waals surface area contributed by atoms with Crippen molar-refractivity contribution in [3.05, 3.63) is 70.3 Å². The van der Waals surface area contributed by atoms with Gasteiger partial charge in [0, 0.05) is 26.6 Å². The van der Waals surface area contributed by atoms with E-state index in [1.54, 1.807) is 13.2 Å². The molecule has 0 radical (unpaired) electrons. The first kappa shape index (κ1) is 25.4. The molecule has 0 bridgehead atoms. The summed E-state index contributed by atoms with van der Waals surface area (Å²) in [6, 6.07) is 13.9. The Bertz CT molecular complexity index is 1070. The monoisotopic (exact) mass is 463 g/mol. The van der Waals surface area contributed by atoms with E-state index in [-0.39, 0.29) is 30.2 Å². The standard InChI is InChI=1S/C27H33N3O4/c1-27(2,3)23-10-7-19(13-21(23)15-28)14-24(32)25(20-8-5-18(6-9-20)17-34-4)29-26(33)30-12-11-22(31)16-30/h5-10,13,22,25,31H,11-12,14,16-17H2,1-4H3,(H,29,33). The third-order valence-corrected chi connectivity index (χ3v) is 6.06. The summed E-state index contributed by atoms with van der Waals surface area (Å²) in [4.78, 5) is 27.8. The summed E-state index contributed by atoms with van der Waals surface area (Å²) < 4.78 is 5.16. The molecular formula is C27H33N3O4. The molecule has 0 saturated carbocycles. The van der Waals surface area contributed by atoms with Crippen LogP contribution in [-0.4, -0.2) is 48.1 Å². The van der Waals surface area contributed by atoms with Gasteiger partial charge in [0.1, 0.15) is 6.04 Å². The normalized spacial score (nSPS) is 16.7. The first-order valence-corrected chi connectivity index (χ1v) is 11.5. The van der Waals surface area contributed by atoms with Crippen LogP contribution >= 0.6 is 0 Å². The maximum Gasteiger partial charge on any atom is 0.318 e. The van der Waals surface area contributed by atoms with Crippen LogP contribution < -0.4 is 5.32 Å². The number of urea groups is 1. The van der Waals surface area contributed by atoms with E-state index in [4.69, 9.17) is 4.74 Å². The highest BCUT2D eigenvalue weighted by molar-refractivity contribution is 5.91. The number of ketones is 1. The van der Waals surface area contributed by atoms with E-state index in [0.717, 1.165) is 16.7 Å². The minimum atomic E-state index is -0.852. The number of carbonyl (C=O) groups excluding carboxylic acids is 2. The smallest absolute Gasteiger partial charge is 0.318 e. The minimum Gasteiger partial charge on any atom is -0.391 e. The Morgan fingerprint density at radius 2 is 1.88 bits per heavy atom. The van der Waals surface area contributed by atoms with Crippen molar-refractivity contribution >= 4 is 11.8 Å². The Morgan fingerprint density at radius 1 is 1.21 bits per heavy atom. The molecule has 1 aliphatic heterocycles. The van der Waals surface area contributed by atoms with E-state index < -0.39 is 12.1 Å². The number of nitriles is 1. The van der Waals surface area contributed by atoms with E-state index in [9.17, 15) is 20.0 Å². The van der Waals surface area contributed by atoms with E-state index in [1.165, 1.54) is 4.90 Å². The molecule has 7 nitrogen and oxygen atoms in total. The second-order valence-corrected chi connectivity index (χ2v) is 9.83. The molecule has 2 amide bonds. The molecule has 1 heterocycles. The molecule has 2 unspecified atom stereocenters. The van der Waals surface area contributed by atoms with Crippen LogP contribution in [-0.2, 0) is 28.0 Å². The Kier molecular flexibility index (Phi) is 8.08. The average Bonchev–Trinajstić information content (AvgIpc) is 3.23. The van der Waals surface area contributed by atoms with Crippen molar-refractivity contribution in [2.45, 2.75) is 57.8 Å². The van der Waals surface area contributed by atoms with Crippen LogP contribution in [0.5, 0.6) is 0 Å². The molecular weight excluding hydrogens is 430 g/mol. The fourth-order valence-corrected chi connectivity index (χ4v) is 4.21. The largest absolute Gasteiger partial charge is 0.391 e. The lowest BCUT2D eigenvalue weighted by molar-refractivity contribution is -0.120. The number of rotatable bonds is 7. The van der Waals surface area contributed by atoms with Crippen LogP contribution in [0.1, 0.15) is 61.1 Å². The summed E-state index contributed by atoms with van der Waals surface area (Å²) >= 11 is 0. The molecule has 0 aromatic heterocycles. The van der Waals surface area contributed by atoms with E-state index in [1.807, 2.05) is 57.2 Å². The van der Waals surface area contributed by atoms with Crippen molar-refractivity contribution in [3.8, 4) is 6.07 Å². The number of nitrogens with one attached hydrogen (secondary N) is 1. The van der Waals surface area contributed by atoms with Crippen LogP contribution in [0.3, 0.4) is 0 Å². The number of β-amino-alcohol motifs (C(OH)–C–C–N with tert-alkyl or cyclic N) is 1. The summed E-state index contributed by atoms with van der Waals surface area (Å²) in [6.45, 7) is 7.28. The molecule has 3 rings (SSSR count). The van der Waals surface area contributed by atoms with E-state index >= 15 is 0 Å². The van der Waals surface area contributed by atoms with Gasteiger partial charge in [0.15, 0.2) is 5.78 Å². The summed E-state index contributed by atoms with van der Waals surface area (Å²) in [7, 11) is 1.62. The highest BCUT2D eigenvalue weighted by Crippen LogP contribution is 2.27. The number of aliphatic hydroxyl groups is 1. The van der Waals surface area contributed by atoms with Crippen molar-refractivity contribution < 1.29 is 19.4 Å². The van der Waals surface area contributed by atoms with Crippen molar-refractivity contribution in [1.82, 2.24) is 10.2 Å². The fraction of sp³-hybridized carbons (Fsp3) is 0.444. The zero-order valence-corrected chi connectivity index (χ0v) is 20.3. The molecule has 0 aliphatic carbocycles. The Labute approximate surface area is 201 Å². The van der Waals surface area contributed by atoms with E-state index in [2.05, 4.69) is 11.4 Å². The zero-order valence-electron chi connectivity index (χ0n) is 20.3. The summed E-state index contributed by atoms with van der Waals surface area (Å²) in [5, 5.41) is 22.3. The van der Waals surface area contributed by atoms with Gasteiger partial charge in [-0.25, -0.2) is 4.79 Å². The molecule has 2 atom stereocenters. The number of hydrogen-bond donors (Lipinski definition) is 2. The first-order valence-electron chi connectivity index (χ1n) is 11.5. The predicted octanol–water partition coefficient (Wildman–Crippen LogP) is 3.63. The Balaban J connectivity index is 1.85. The minimum absolute atomic E-state index is 0.0759. The Hall–Kier alpha value is -3.21. The predicted molar refractivity (Wildman–Crippen MR) is 129 cm³/mol. The first-order chi connectivity index (χ1) is 16.1. The van der Waals surface area contributed by atoms with Crippen LogP contribution in [0.25, 0.3) is 0 Å². The van der Waals surface area contributed by atoms with Gasteiger partial charge >= 0.3 is 6.03 Å². The van der Waals surface area contributed by atoms with E-state index in [0.29, 0.717) is 30.7 Å². The van der Waals surface area contributed by atoms with Gasteiger partial charge in [-0.05, 0) is 40.2 Å². The number of ether oxygens (including phenoxy) is 1. The van der Waals surface area contributed by atoms with Crippen molar-refractivity contribution in [1.29, 1.82) is 5.26 Å². The van der Waals surface area contributed by atoms with Crippen LogP contribution in [0.15, 0.2) is 42.5 Å². The number of likely N-dealkylation sites (tertiary alicyclic amines) is 1. The summed E-state index contributed by atoms with van der Waals surface area (Å²) in [6.07, 6.45) is 0.0559. The molecule has 7 heteroatoms. The van der Waals surface area contributed by atoms with Gasteiger partial charge in [-0.15, -0.1) is 0 Å². The molecule has 0 spiro atoms. The van der Waals surface area contributed by atoms with Gasteiger partial charge in [0.2, 0.25) is 0 Å². The molecule has 2 aromatic rings. The lowest BCUT2D eigenvalue weighted by atomic mass is 9.83.